The lowest BCUT2D eigenvalue weighted by molar-refractivity contribution is -0.384. The third-order valence-corrected chi connectivity index (χ3v) is 3.56. The van der Waals surface area contributed by atoms with Crippen molar-refractivity contribution in [2.24, 2.45) is 0 Å². The number of nitro groups is 1. The molecule has 0 fully saturated rings. The fourth-order valence-corrected chi connectivity index (χ4v) is 2.36. The van der Waals surface area contributed by atoms with Gasteiger partial charge in [0.2, 0.25) is 0 Å². The Balaban J connectivity index is 2.38. The normalized spacial score (nSPS) is 10.4. The molecule has 2 aromatic carbocycles. The van der Waals surface area contributed by atoms with Crippen molar-refractivity contribution >= 4 is 23.0 Å². The summed E-state index contributed by atoms with van der Waals surface area (Å²) < 4.78 is 0. The van der Waals surface area contributed by atoms with Crippen LogP contribution in [0.5, 0.6) is 0 Å². The van der Waals surface area contributed by atoms with Crippen molar-refractivity contribution in [3.8, 4) is 0 Å². The zero-order valence-electron chi connectivity index (χ0n) is 13.3. The largest absolute Gasteiger partial charge is 0.387 e. The summed E-state index contributed by atoms with van der Waals surface area (Å²) in [5.41, 5.74) is 2.38. The highest BCUT2D eigenvalue weighted by Gasteiger charge is 2.17. The summed E-state index contributed by atoms with van der Waals surface area (Å²) in [4.78, 5) is 23.0. The SMILES string of the molecule is CNc1ccc([N+](=O)[O-])cc1C(=O)Nc1ccccc1C(C)C. The van der Waals surface area contributed by atoms with Gasteiger partial charge in [0, 0.05) is 30.6 Å². The Hall–Kier alpha value is -2.89. The molecule has 120 valence electrons. The minimum absolute atomic E-state index is 0.119. The van der Waals surface area contributed by atoms with Crippen LogP contribution in [0.4, 0.5) is 17.1 Å². The molecule has 0 aliphatic carbocycles. The minimum atomic E-state index is -0.516. The van der Waals surface area contributed by atoms with Crippen LogP contribution < -0.4 is 10.6 Å². The predicted octanol–water partition coefficient (Wildman–Crippen LogP) is 4.01. The number of nitrogens with one attached hydrogen (secondary N) is 2. The molecule has 0 bridgehead atoms. The second-order valence-corrected chi connectivity index (χ2v) is 5.43. The Labute approximate surface area is 134 Å². The Kier molecular flexibility index (Phi) is 4.95. The number of hydrogen-bond acceptors (Lipinski definition) is 4. The van der Waals surface area contributed by atoms with Crippen LogP contribution in [0.2, 0.25) is 0 Å². The van der Waals surface area contributed by atoms with Crippen LogP contribution in [0.3, 0.4) is 0 Å². The number of amides is 1. The molecule has 23 heavy (non-hydrogen) atoms. The highest BCUT2D eigenvalue weighted by molar-refractivity contribution is 6.08. The van der Waals surface area contributed by atoms with Gasteiger partial charge in [-0.3, -0.25) is 14.9 Å². The maximum absolute atomic E-state index is 12.6. The van der Waals surface area contributed by atoms with Gasteiger partial charge in [0.25, 0.3) is 11.6 Å². The Morgan fingerprint density at radius 1 is 1.13 bits per heavy atom. The van der Waals surface area contributed by atoms with E-state index in [0.29, 0.717) is 11.4 Å². The summed E-state index contributed by atoms with van der Waals surface area (Å²) >= 11 is 0. The van der Waals surface area contributed by atoms with Gasteiger partial charge in [0.05, 0.1) is 10.5 Å². The summed E-state index contributed by atoms with van der Waals surface area (Å²) in [5.74, 6) is -0.133. The van der Waals surface area contributed by atoms with Crippen molar-refractivity contribution in [1.82, 2.24) is 0 Å². The van der Waals surface area contributed by atoms with Crippen LogP contribution in [0, 0.1) is 10.1 Å². The van der Waals surface area contributed by atoms with Crippen LogP contribution in [-0.2, 0) is 0 Å². The molecule has 0 aliphatic rings. The van der Waals surface area contributed by atoms with Gasteiger partial charge < -0.3 is 10.6 Å². The van der Waals surface area contributed by atoms with Gasteiger partial charge in [0.15, 0.2) is 0 Å². The number of anilines is 2. The molecule has 0 saturated heterocycles. The second kappa shape index (κ2) is 6.91. The molecule has 2 rings (SSSR count). The molecular formula is C17H19N3O3. The fraction of sp³-hybridized carbons (Fsp3) is 0.235. The van der Waals surface area contributed by atoms with Crippen molar-refractivity contribution in [2.45, 2.75) is 19.8 Å². The molecule has 0 aromatic heterocycles. The van der Waals surface area contributed by atoms with Crippen molar-refractivity contribution < 1.29 is 9.72 Å². The van der Waals surface area contributed by atoms with E-state index in [9.17, 15) is 14.9 Å². The lowest BCUT2D eigenvalue weighted by Crippen LogP contribution is -2.15. The van der Waals surface area contributed by atoms with Gasteiger partial charge in [-0.2, -0.15) is 0 Å². The summed E-state index contributed by atoms with van der Waals surface area (Å²) in [6.45, 7) is 4.08. The number of nitro benzene ring substituents is 1. The van der Waals surface area contributed by atoms with Crippen LogP contribution in [-0.4, -0.2) is 17.9 Å². The maximum atomic E-state index is 12.6. The highest BCUT2D eigenvalue weighted by Crippen LogP contribution is 2.26. The number of rotatable bonds is 5. The third kappa shape index (κ3) is 3.66. The van der Waals surface area contributed by atoms with E-state index >= 15 is 0 Å². The van der Waals surface area contributed by atoms with E-state index < -0.39 is 4.92 Å². The first kappa shape index (κ1) is 16.5. The molecule has 0 heterocycles. The summed E-state index contributed by atoms with van der Waals surface area (Å²) in [6.07, 6.45) is 0. The number of hydrogen-bond donors (Lipinski definition) is 2. The van der Waals surface area contributed by atoms with Crippen molar-refractivity contribution in [2.75, 3.05) is 17.7 Å². The molecule has 0 radical (unpaired) electrons. The van der Waals surface area contributed by atoms with Crippen LogP contribution in [0.15, 0.2) is 42.5 Å². The topological polar surface area (TPSA) is 84.3 Å². The van der Waals surface area contributed by atoms with Crippen molar-refractivity contribution in [3.05, 3.63) is 63.7 Å². The zero-order chi connectivity index (χ0) is 17.0. The Morgan fingerprint density at radius 2 is 1.83 bits per heavy atom. The lowest BCUT2D eigenvalue weighted by atomic mass is 10.0. The first-order valence-corrected chi connectivity index (χ1v) is 7.30. The van der Waals surface area contributed by atoms with E-state index in [-0.39, 0.29) is 23.1 Å². The van der Waals surface area contributed by atoms with Gasteiger partial charge in [-0.05, 0) is 23.6 Å². The molecule has 2 N–H and O–H groups in total. The maximum Gasteiger partial charge on any atom is 0.270 e. The van der Waals surface area contributed by atoms with E-state index in [1.54, 1.807) is 7.05 Å². The van der Waals surface area contributed by atoms with E-state index in [4.69, 9.17) is 0 Å². The lowest BCUT2D eigenvalue weighted by Gasteiger charge is -2.15. The third-order valence-electron chi connectivity index (χ3n) is 3.56. The van der Waals surface area contributed by atoms with Crippen LogP contribution >= 0.6 is 0 Å². The first-order chi connectivity index (χ1) is 10.9. The molecule has 2 aromatic rings. The van der Waals surface area contributed by atoms with Crippen molar-refractivity contribution in [1.29, 1.82) is 0 Å². The number of non-ortho nitro benzene ring substituents is 1. The van der Waals surface area contributed by atoms with Crippen LogP contribution in [0.1, 0.15) is 35.7 Å². The molecule has 0 spiro atoms. The zero-order valence-corrected chi connectivity index (χ0v) is 13.3. The van der Waals surface area contributed by atoms with Gasteiger partial charge in [-0.15, -0.1) is 0 Å². The monoisotopic (exact) mass is 313 g/mol. The minimum Gasteiger partial charge on any atom is -0.387 e. The number of para-hydroxylation sites is 1. The number of carbonyl (C=O) groups excluding carboxylic acids is 1. The fourth-order valence-electron chi connectivity index (χ4n) is 2.36. The van der Waals surface area contributed by atoms with Gasteiger partial charge in [-0.25, -0.2) is 0 Å². The van der Waals surface area contributed by atoms with E-state index in [1.807, 2.05) is 38.1 Å². The Morgan fingerprint density at radius 3 is 2.43 bits per heavy atom. The smallest absolute Gasteiger partial charge is 0.270 e. The molecule has 6 nitrogen and oxygen atoms in total. The highest BCUT2D eigenvalue weighted by atomic mass is 16.6. The molecule has 0 saturated carbocycles. The average molecular weight is 313 g/mol. The summed E-state index contributed by atoms with van der Waals surface area (Å²) in [6, 6.07) is 11.7. The van der Waals surface area contributed by atoms with Gasteiger partial charge >= 0.3 is 0 Å². The number of nitrogens with zero attached hydrogens (tertiary/aromatic N) is 1. The second-order valence-electron chi connectivity index (χ2n) is 5.43. The van der Waals surface area contributed by atoms with E-state index in [2.05, 4.69) is 10.6 Å². The van der Waals surface area contributed by atoms with Crippen molar-refractivity contribution in [3.63, 3.8) is 0 Å². The summed E-state index contributed by atoms with van der Waals surface area (Å²) in [5, 5.41) is 16.7. The quantitative estimate of drug-likeness (QED) is 0.645. The van der Waals surface area contributed by atoms with Gasteiger partial charge in [-0.1, -0.05) is 32.0 Å². The van der Waals surface area contributed by atoms with E-state index in [1.165, 1.54) is 18.2 Å². The number of carbonyl (C=O) groups is 1. The molecule has 6 heteroatoms. The molecule has 0 aliphatic heterocycles. The van der Waals surface area contributed by atoms with Gasteiger partial charge in [0.1, 0.15) is 0 Å². The molecule has 1 amide bonds. The van der Waals surface area contributed by atoms with E-state index in [0.717, 1.165) is 5.56 Å². The average Bonchev–Trinajstić information content (AvgIpc) is 2.54. The molecular weight excluding hydrogens is 294 g/mol. The Bertz CT molecular complexity index is 742. The predicted molar refractivity (Wildman–Crippen MR) is 91.1 cm³/mol. The molecule has 0 atom stereocenters. The summed E-state index contributed by atoms with van der Waals surface area (Å²) in [7, 11) is 1.67. The number of benzene rings is 2. The van der Waals surface area contributed by atoms with Crippen LogP contribution in [0.25, 0.3) is 0 Å². The standard InChI is InChI=1S/C17H19N3O3/c1-11(2)13-6-4-5-7-16(13)19-17(21)14-10-12(20(22)23)8-9-15(14)18-3/h4-11,18H,1-3H3,(H,19,21). The first-order valence-electron chi connectivity index (χ1n) is 7.30. The molecule has 0 unspecified atom stereocenters.